The number of nitrogens with one attached hydrogen (secondary N) is 1. The third-order valence-corrected chi connectivity index (χ3v) is 1.15. The molecule has 0 atom stereocenters. The molecule has 0 spiro atoms. The van der Waals surface area contributed by atoms with Crippen LogP contribution in [0, 0.1) is 6.92 Å². The zero-order valence-electron chi connectivity index (χ0n) is 8.26. The minimum atomic E-state index is 0.850. The van der Waals surface area contributed by atoms with E-state index in [0.29, 0.717) is 0 Å². The summed E-state index contributed by atoms with van der Waals surface area (Å²) >= 11 is 0. The number of anilines is 1. The van der Waals surface area contributed by atoms with Gasteiger partial charge in [-0.2, -0.15) is 5.10 Å². The molecule has 1 aromatic rings. The molecular weight excluding hydrogens is 150 g/mol. The lowest BCUT2D eigenvalue weighted by atomic mass is 10.3. The van der Waals surface area contributed by atoms with Crippen LogP contribution in [0.1, 0.15) is 26.3 Å². The van der Waals surface area contributed by atoms with Crippen LogP contribution in [-0.2, 0) is 0 Å². The molecule has 0 aliphatic carbocycles. The first-order chi connectivity index (χ1) is 5.83. The van der Waals surface area contributed by atoms with E-state index in [1.807, 2.05) is 33.8 Å². The highest BCUT2D eigenvalue weighted by molar-refractivity contribution is 5.34. The van der Waals surface area contributed by atoms with Gasteiger partial charge in [0.15, 0.2) is 0 Å². The lowest BCUT2D eigenvalue weighted by molar-refractivity contribution is 0.998. The molecule has 0 aromatic carbocycles. The molecule has 0 bridgehead atoms. The van der Waals surface area contributed by atoms with Crippen molar-refractivity contribution < 1.29 is 0 Å². The molecule has 0 aliphatic rings. The highest BCUT2D eigenvalue weighted by Gasteiger charge is 1.90. The molecule has 0 radical (unpaired) electrons. The SMILES string of the molecule is CC.CCNc1cc(C)cnn1. The second-order valence-electron chi connectivity index (χ2n) is 2.15. The maximum atomic E-state index is 3.87. The van der Waals surface area contributed by atoms with E-state index in [1.165, 1.54) is 0 Å². The molecule has 0 amide bonds. The summed E-state index contributed by atoms with van der Waals surface area (Å²) < 4.78 is 0. The Hall–Kier alpha value is -1.12. The summed E-state index contributed by atoms with van der Waals surface area (Å²) in [6.45, 7) is 8.91. The molecule has 68 valence electrons. The Morgan fingerprint density at radius 1 is 1.42 bits per heavy atom. The molecule has 0 saturated heterocycles. The van der Waals surface area contributed by atoms with E-state index < -0.39 is 0 Å². The molecule has 1 heterocycles. The van der Waals surface area contributed by atoms with Crippen molar-refractivity contribution in [1.29, 1.82) is 0 Å². The van der Waals surface area contributed by atoms with Gasteiger partial charge >= 0.3 is 0 Å². The number of nitrogens with zero attached hydrogens (tertiary/aromatic N) is 2. The lowest BCUT2D eigenvalue weighted by Crippen LogP contribution is -2.00. The highest BCUT2D eigenvalue weighted by atomic mass is 15.2. The van der Waals surface area contributed by atoms with Crippen molar-refractivity contribution in [2.45, 2.75) is 27.7 Å². The highest BCUT2D eigenvalue weighted by Crippen LogP contribution is 2.01. The van der Waals surface area contributed by atoms with Gasteiger partial charge in [-0.25, -0.2) is 0 Å². The van der Waals surface area contributed by atoms with Gasteiger partial charge in [0, 0.05) is 6.54 Å². The van der Waals surface area contributed by atoms with Gasteiger partial charge in [0.05, 0.1) is 6.20 Å². The average Bonchev–Trinajstić information content (AvgIpc) is 2.09. The van der Waals surface area contributed by atoms with E-state index in [4.69, 9.17) is 0 Å². The third kappa shape index (κ3) is 3.91. The van der Waals surface area contributed by atoms with Gasteiger partial charge in [0.2, 0.25) is 0 Å². The van der Waals surface area contributed by atoms with Crippen LogP contribution in [-0.4, -0.2) is 16.7 Å². The second kappa shape index (κ2) is 6.58. The van der Waals surface area contributed by atoms with E-state index in [1.54, 1.807) is 6.20 Å². The van der Waals surface area contributed by atoms with Crippen LogP contribution >= 0.6 is 0 Å². The minimum Gasteiger partial charge on any atom is -0.369 e. The minimum absolute atomic E-state index is 0.850. The Bertz CT molecular complexity index is 211. The second-order valence-corrected chi connectivity index (χ2v) is 2.15. The van der Waals surface area contributed by atoms with E-state index >= 15 is 0 Å². The smallest absolute Gasteiger partial charge is 0.148 e. The Balaban J connectivity index is 0.000000561. The number of rotatable bonds is 2. The van der Waals surface area contributed by atoms with Crippen molar-refractivity contribution >= 4 is 5.82 Å². The molecule has 3 nitrogen and oxygen atoms in total. The van der Waals surface area contributed by atoms with Crippen LogP contribution in [0.2, 0.25) is 0 Å². The Labute approximate surface area is 74.2 Å². The number of hydrogen-bond donors (Lipinski definition) is 1. The fraction of sp³-hybridized carbons (Fsp3) is 0.556. The summed E-state index contributed by atoms with van der Waals surface area (Å²) in [5.74, 6) is 0.850. The van der Waals surface area contributed by atoms with Gasteiger partial charge in [-0.1, -0.05) is 13.8 Å². The van der Waals surface area contributed by atoms with E-state index in [0.717, 1.165) is 17.9 Å². The van der Waals surface area contributed by atoms with Crippen LogP contribution in [0.25, 0.3) is 0 Å². The fourth-order valence-electron chi connectivity index (χ4n) is 0.731. The van der Waals surface area contributed by atoms with Gasteiger partial charge in [0.25, 0.3) is 0 Å². The molecule has 0 saturated carbocycles. The van der Waals surface area contributed by atoms with Gasteiger partial charge in [-0.3, -0.25) is 0 Å². The van der Waals surface area contributed by atoms with Gasteiger partial charge < -0.3 is 5.32 Å². The number of aromatic nitrogens is 2. The largest absolute Gasteiger partial charge is 0.369 e. The topological polar surface area (TPSA) is 37.8 Å². The third-order valence-electron chi connectivity index (χ3n) is 1.15. The van der Waals surface area contributed by atoms with Crippen molar-refractivity contribution in [1.82, 2.24) is 10.2 Å². The fourth-order valence-corrected chi connectivity index (χ4v) is 0.731. The normalized spacial score (nSPS) is 8.33. The van der Waals surface area contributed by atoms with Crippen molar-refractivity contribution in [3.05, 3.63) is 17.8 Å². The predicted molar refractivity (Wildman–Crippen MR) is 52.3 cm³/mol. The zero-order valence-corrected chi connectivity index (χ0v) is 8.26. The van der Waals surface area contributed by atoms with Crippen LogP contribution in [0.5, 0.6) is 0 Å². The Kier molecular flexibility index (Phi) is 5.97. The van der Waals surface area contributed by atoms with Crippen LogP contribution in [0.15, 0.2) is 12.3 Å². The molecule has 0 unspecified atom stereocenters. The standard InChI is InChI=1S/C7H11N3.C2H6/c1-3-8-7-4-6(2)5-9-10-7;1-2/h4-5H,3H2,1-2H3,(H,8,10);1-2H3. The predicted octanol–water partition coefficient (Wildman–Crippen LogP) is 2.24. The Morgan fingerprint density at radius 2 is 2.08 bits per heavy atom. The van der Waals surface area contributed by atoms with Crippen molar-refractivity contribution in [2.24, 2.45) is 0 Å². The maximum absolute atomic E-state index is 3.87. The van der Waals surface area contributed by atoms with Crippen LogP contribution < -0.4 is 5.32 Å². The molecule has 12 heavy (non-hydrogen) atoms. The number of hydrogen-bond acceptors (Lipinski definition) is 3. The van der Waals surface area contributed by atoms with Gasteiger partial charge in [0.1, 0.15) is 5.82 Å². The first-order valence-electron chi connectivity index (χ1n) is 4.36. The van der Waals surface area contributed by atoms with Crippen LogP contribution in [0.3, 0.4) is 0 Å². The van der Waals surface area contributed by atoms with Gasteiger partial charge in [-0.15, -0.1) is 5.10 Å². The molecular formula is C9H17N3. The summed E-state index contributed by atoms with van der Waals surface area (Å²) in [5, 5.41) is 10.7. The monoisotopic (exact) mass is 167 g/mol. The van der Waals surface area contributed by atoms with E-state index in [9.17, 15) is 0 Å². The summed E-state index contributed by atoms with van der Waals surface area (Å²) in [7, 11) is 0. The van der Waals surface area contributed by atoms with Crippen molar-refractivity contribution in [3.8, 4) is 0 Å². The van der Waals surface area contributed by atoms with Crippen molar-refractivity contribution in [3.63, 3.8) is 0 Å². The summed E-state index contributed by atoms with van der Waals surface area (Å²) in [4.78, 5) is 0. The van der Waals surface area contributed by atoms with Gasteiger partial charge in [-0.05, 0) is 25.5 Å². The maximum Gasteiger partial charge on any atom is 0.148 e. The summed E-state index contributed by atoms with van der Waals surface area (Å²) in [6.07, 6.45) is 1.74. The molecule has 0 aliphatic heterocycles. The van der Waals surface area contributed by atoms with Crippen LogP contribution in [0.4, 0.5) is 5.82 Å². The zero-order chi connectivity index (χ0) is 9.40. The lowest BCUT2D eigenvalue weighted by Gasteiger charge is -1.99. The van der Waals surface area contributed by atoms with E-state index in [-0.39, 0.29) is 0 Å². The molecule has 3 heteroatoms. The molecule has 1 rings (SSSR count). The summed E-state index contributed by atoms with van der Waals surface area (Å²) in [5.41, 5.74) is 1.13. The molecule has 1 aromatic heterocycles. The first-order valence-corrected chi connectivity index (χ1v) is 4.36. The molecule has 1 N–H and O–H groups in total. The first kappa shape index (κ1) is 10.9. The number of aryl methyl sites for hydroxylation is 1. The summed E-state index contributed by atoms with van der Waals surface area (Å²) in [6, 6.07) is 1.97. The quantitative estimate of drug-likeness (QED) is 0.734. The Morgan fingerprint density at radius 3 is 2.58 bits per heavy atom. The van der Waals surface area contributed by atoms with E-state index in [2.05, 4.69) is 15.5 Å². The molecule has 0 fully saturated rings. The average molecular weight is 167 g/mol. The van der Waals surface area contributed by atoms with Crippen molar-refractivity contribution in [2.75, 3.05) is 11.9 Å².